The Kier molecular flexibility index (Phi) is 7.36. The molecule has 1 N–H and O–H groups in total. The zero-order chi connectivity index (χ0) is 17.3. The Morgan fingerprint density at radius 1 is 1.28 bits per heavy atom. The molecule has 25 heavy (non-hydrogen) atoms. The first-order valence-electron chi connectivity index (χ1n) is 9.13. The highest BCUT2D eigenvalue weighted by Crippen LogP contribution is 2.19. The van der Waals surface area contributed by atoms with Gasteiger partial charge < -0.3 is 9.88 Å². The molecule has 7 heteroatoms. The Morgan fingerprint density at radius 3 is 2.84 bits per heavy atom. The SMILES string of the molecule is O=C(CSc1nncn1CCc1cccs1)NC1CCCCCCC1. The van der Waals surface area contributed by atoms with Crippen LogP contribution in [0.25, 0.3) is 0 Å². The minimum absolute atomic E-state index is 0.114. The average Bonchev–Trinajstić information content (AvgIpc) is 3.24. The van der Waals surface area contributed by atoms with E-state index in [0.717, 1.165) is 31.0 Å². The van der Waals surface area contributed by atoms with Gasteiger partial charge in [0, 0.05) is 17.5 Å². The maximum Gasteiger partial charge on any atom is 0.230 e. The zero-order valence-corrected chi connectivity index (χ0v) is 16.2. The van der Waals surface area contributed by atoms with Gasteiger partial charge in [-0.2, -0.15) is 0 Å². The highest BCUT2D eigenvalue weighted by atomic mass is 32.2. The smallest absolute Gasteiger partial charge is 0.230 e. The first-order chi connectivity index (χ1) is 12.3. The van der Waals surface area contributed by atoms with Crippen molar-refractivity contribution in [3.05, 3.63) is 28.7 Å². The van der Waals surface area contributed by atoms with Gasteiger partial charge in [-0.1, -0.05) is 49.9 Å². The van der Waals surface area contributed by atoms with Crippen LogP contribution >= 0.6 is 23.1 Å². The summed E-state index contributed by atoms with van der Waals surface area (Å²) in [6.45, 7) is 0.847. The number of aromatic nitrogens is 3. The number of thioether (sulfide) groups is 1. The van der Waals surface area contributed by atoms with Crippen LogP contribution in [0.1, 0.15) is 49.8 Å². The molecular weight excluding hydrogens is 352 g/mol. The van der Waals surface area contributed by atoms with Crippen molar-refractivity contribution in [2.75, 3.05) is 5.75 Å². The molecule has 3 rings (SSSR count). The summed E-state index contributed by atoms with van der Waals surface area (Å²) in [6, 6.07) is 4.57. The van der Waals surface area contributed by atoms with Gasteiger partial charge in [0.15, 0.2) is 5.16 Å². The molecule has 2 aromatic heterocycles. The second kappa shape index (κ2) is 9.97. The van der Waals surface area contributed by atoms with E-state index in [2.05, 4.69) is 33.0 Å². The fourth-order valence-electron chi connectivity index (χ4n) is 3.19. The molecule has 1 aliphatic carbocycles. The molecule has 2 aromatic rings. The molecule has 2 heterocycles. The molecule has 1 fully saturated rings. The fourth-order valence-corrected chi connectivity index (χ4v) is 4.65. The van der Waals surface area contributed by atoms with Crippen LogP contribution in [0.4, 0.5) is 0 Å². The molecule has 1 saturated carbocycles. The molecule has 0 aliphatic heterocycles. The lowest BCUT2D eigenvalue weighted by atomic mass is 9.97. The summed E-state index contributed by atoms with van der Waals surface area (Å²) in [4.78, 5) is 13.6. The Labute approximate surface area is 157 Å². The maximum atomic E-state index is 12.3. The lowest BCUT2D eigenvalue weighted by Crippen LogP contribution is -2.36. The van der Waals surface area contributed by atoms with Crippen LogP contribution in [0.5, 0.6) is 0 Å². The summed E-state index contributed by atoms with van der Waals surface area (Å²) < 4.78 is 2.04. The Bertz CT molecular complexity index is 633. The number of carbonyl (C=O) groups excluding carboxylic acids is 1. The molecule has 1 amide bonds. The third-order valence-electron chi connectivity index (χ3n) is 4.56. The quantitative estimate of drug-likeness (QED) is 0.742. The van der Waals surface area contributed by atoms with E-state index in [1.54, 1.807) is 17.7 Å². The summed E-state index contributed by atoms with van der Waals surface area (Å²) in [5, 5.41) is 14.3. The van der Waals surface area contributed by atoms with Crippen LogP contribution in [-0.4, -0.2) is 32.5 Å². The summed E-state index contributed by atoms with van der Waals surface area (Å²) in [5.74, 6) is 0.525. The minimum atomic E-state index is 0.114. The molecule has 136 valence electrons. The van der Waals surface area contributed by atoms with Crippen LogP contribution < -0.4 is 5.32 Å². The topological polar surface area (TPSA) is 59.8 Å². The van der Waals surface area contributed by atoms with Crippen molar-refractivity contribution in [1.29, 1.82) is 0 Å². The highest BCUT2D eigenvalue weighted by molar-refractivity contribution is 7.99. The molecule has 0 saturated heterocycles. The van der Waals surface area contributed by atoms with Gasteiger partial charge in [0.05, 0.1) is 5.75 Å². The zero-order valence-electron chi connectivity index (χ0n) is 14.5. The Balaban J connectivity index is 1.43. The van der Waals surface area contributed by atoms with Crippen LogP contribution in [-0.2, 0) is 17.8 Å². The highest BCUT2D eigenvalue weighted by Gasteiger charge is 2.15. The van der Waals surface area contributed by atoms with Gasteiger partial charge >= 0.3 is 0 Å². The first-order valence-corrected chi connectivity index (χ1v) is 11.0. The van der Waals surface area contributed by atoms with Gasteiger partial charge in [-0.3, -0.25) is 4.79 Å². The molecule has 0 radical (unpaired) electrons. The van der Waals surface area contributed by atoms with E-state index in [9.17, 15) is 4.79 Å². The van der Waals surface area contributed by atoms with Crippen LogP contribution in [0.15, 0.2) is 29.0 Å². The fraction of sp³-hybridized carbons (Fsp3) is 0.611. The van der Waals surface area contributed by atoms with Gasteiger partial charge in [0.2, 0.25) is 5.91 Å². The Morgan fingerprint density at radius 2 is 2.08 bits per heavy atom. The number of nitrogens with one attached hydrogen (secondary N) is 1. The van der Waals surface area contributed by atoms with E-state index in [0.29, 0.717) is 11.8 Å². The van der Waals surface area contributed by atoms with Crippen molar-refractivity contribution in [1.82, 2.24) is 20.1 Å². The maximum absolute atomic E-state index is 12.3. The van der Waals surface area contributed by atoms with Gasteiger partial charge in [0.1, 0.15) is 6.33 Å². The van der Waals surface area contributed by atoms with Crippen LogP contribution in [0.2, 0.25) is 0 Å². The lowest BCUT2D eigenvalue weighted by molar-refractivity contribution is -0.119. The number of aryl methyl sites for hydroxylation is 2. The van der Waals surface area contributed by atoms with Crippen LogP contribution in [0.3, 0.4) is 0 Å². The van der Waals surface area contributed by atoms with E-state index in [-0.39, 0.29) is 5.91 Å². The molecule has 0 atom stereocenters. The van der Waals surface area contributed by atoms with E-state index in [1.807, 2.05) is 4.57 Å². The standard InChI is InChI=1S/C18H26N4OS2/c23-17(20-15-7-4-2-1-3-5-8-15)13-25-18-21-19-14-22(18)11-10-16-9-6-12-24-16/h6,9,12,14-15H,1-5,7-8,10-11,13H2,(H,20,23). The van der Waals surface area contributed by atoms with Crippen molar-refractivity contribution in [2.24, 2.45) is 0 Å². The molecule has 0 bridgehead atoms. The summed E-state index contributed by atoms with van der Waals surface area (Å²) >= 11 is 3.24. The van der Waals surface area contributed by atoms with Gasteiger partial charge in [-0.05, 0) is 30.7 Å². The summed E-state index contributed by atoms with van der Waals surface area (Å²) in [6.07, 6.45) is 11.4. The van der Waals surface area contributed by atoms with E-state index < -0.39 is 0 Å². The third-order valence-corrected chi connectivity index (χ3v) is 6.48. The van der Waals surface area contributed by atoms with Gasteiger partial charge in [-0.25, -0.2) is 0 Å². The van der Waals surface area contributed by atoms with Crippen molar-refractivity contribution < 1.29 is 4.79 Å². The van der Waals surface area contributed by atoms with E-state index >= 15 is 0 Å². The second-order valence-corrected chi connectivity index (χ2v) is 8.51. The number of rotatable bonds is 7. The van der Waals surface area contributed by atoms with Crippen molar-refractivity contribution in [3.8, 4) is 0 Å². The van der Waals surface area contributed by atoms with Crippen LogP contribution in [0, 0.1) is 0 Å². The predicted molar refractivity (Wildman–Crippen MR) is 103 cm³/mol. The van der Waals surface area contributed by atoms with Crippen molar-refractivity contribution in [3.63, 3.8) is 0 Å². The number of hydrogen-bond donors (Lipinski definition) is 1. The van der Waals surface area contributed by atoms with Gasteiger partial charge in [0.25, 0.3) is 0 Å². The van der Waals surface area contributed by atoms with E-state index in [4.69, 9.17) is 0 Å². The monoisotopic (exact) mass is 378 g/mol. The lowest BCUT2D eigenvalue weighted by Gasteiger charge is -2.20. The largest absolute Gasteiger partial charge is 0.353 e. The van der Waals surface area contributed by atoms with Gasteiger partial charge in [-0.15, -0.1) is 21.5 Å². The Hall–Kier alpha value is -1.34. The first kappa shape index (κ1) is 18.5. The molecule has 5 nitrogen and oxygen atoms in total. The molecule has 0 spiro atoms. The molecule has 0 aromatic carbocycles. The number of amides is 1. The molecule has 0 unspecified atom stereocenters. The summed E-state index contributed by atoms with van der Waals surface area (Å²) in [7, 11) is 0. The van der Waals surface area contributed by atoms with Crippen molar-refractivity contribution in [2.45, 2.75) is 69.1 Å². The number of hydrogen-bond acceptors (Lipinski definition) is 5. The second-order valence-electron chi connectivity index (χ2n) is 6.53. The average molecular weight is 379 g/mol. The number of carbonyl (C=O) groups is 1. The van der Waals surface area contributed by atoms with E-state index in [1.165, 1.54) is 48.7 Å². The summed E-state index contributed by atoms with van der Waals surface area (Å²) in [5.41, 5.74) is 0. The normalized spacial score (nSPS) is 16.3. The minimum Gasteiger partial charge on any atom is -0.353 e. The number of thiophene rings is 1. The predicted octanol–water partition coefficient (Wildman–Crippen LogP) is 3.90. The molecular formula is C18H26N4OS2. The molecule has 1 aliphatic rings. The third kappa shape index (κ3) is 6.15. The number of nitrogens with zero attached hydrogens (tertiary/aromatic N) is 3. The van der Waals surface area contributed by atoms with Crippen molar-refractivity contribution >= 4 is 29.0 Å².